The molecule has 0 radical (unpaired) electrons. The van der Waals surface area contributed by atoms with Crippen LogP contribution in [0.5, 0.6) is 0 Å². The normalized spacial score (nSPS) is 7.18. The van der Waals surface area contributed by atoms with Crippen LogP contribution in [-0.4, -0.2) is 6.54 Å². The fourth-order valence-corrected chi connectivity index (χ4v) is 0.599. The third-order valence-electron chi connectivity index (χ3n) is 1.06. The molecule has 1 N–H and O–H groups in total. The van der Waals surface area contributed by atoms with Crippen LogP contribution in [0.25, 0.3) is 0 Å². The van der Waals surface area contributed by atoms with E-state index in [1.54, 1.807) is 12.1 Å². The van der Waals surface area contributed by atoms with Gasteiger partial charge < -0.3 is 5.32 Å². The molecule has 0 rings (SSSR count). The fraction of sp³-hybridized carbons (Fsp3) is 0.250. The number of hydrogen-bond donors (Lipinski definition) is 1. The van der Waals surface area contributed by atoms with E-state index in [0.29, 0.717) is 12.2 Å². The summed E-state index contributed by atoms with van der Waals surface area (Å²) >= 11 is 0. The summed E-state index contributed by atoms with van der Waals surface area (Å²) in [7, 11) is 0. The van der Waals surface area contributed by atoms with Crippen molar-refractivity contribution >= 4 is 0 Å². The molecule has 0 aliphatic rings. The second-order valence-corrected chi connectivity index (χ2v) is 1.75. The molecule has 0 aromatic heterocycles. The van der Waals surface area contributed by atoms with Gasteiger partial charge in [0.25, 0.3) is 0 Å². The highest BCUT2D eigenvalue weighted by Crippen LogP contribution is 1.98. The molecule has 0 heterocycles. The summed E-state index contributed by atoms with van der Waals surface area (Å²) in [6.07, 6.45) is 1.46. The molecule has 0 aromatic rings. The zero-order valence-corrected chi connectivity index (χ0v) is 6.39. The lowest BCUT2D eigenvalue weighted by molar-refractivity contribution is 0.875. The maximum absolute atomic E-state index is 8.44. The molecule has 0 aliphatic carbocycles. The van der Waals surface area contributed by atoms with Gasteiger partial charge in [-0.05, 0) is 13.0 Å². The summed E-state index contributed by atoms with van der Waals surface area (Å²) in [6, 6.07) is 3.54. The van der Waals surface area contributed by atoms with Gasteiger partial charge in [-0.1, -0.05) is 6.58 Å². The van der Waals surface area contributed by atoms with Crippen LogP contribution in [0.3, 0.4) is 0 Å². The molecule has 0 saturated heterocycles. The highest BCUT2D eigenvalue weighted by Gasteiger charge is 1.98. The highest BCUT2D eigenvalue weighted by atomic mass is 14.9. The Morgan fingerprint density at radius 2 is 2.09 bits per heavy atom. The van der Waals surface area contributed by atoms with Crippen molar-refractivity contribution in [3.63, 3.8) is 0 Å². The van der Waals surface area contributed by atoms with Gasteiger partial charge in [0.05, 0.1) is 5.70 Å². The van der Waals surface area contributed by atoms with Crippen molar-refractivity contribution < 1.29 is 0 Å². The summed E-state index contributed by atoms with van der Waals surface area (Å²) < 4.78 is 0. The van der Waals surface area contributed by atoms with Gasteiger partial charge in [0, 0.05) is 6.54 Å². The smallest absolute Gasteiger partial charge is 0.152 e. The minimum atomic E-state index is 0.0712. The Balaban J connectivity index is 4.70. The SMILES string of the molecule is C=CC(NCC)=C(C#N)C#N. The van der Waals surface area contributed by atoms with Crippen LogP contribution in [-0.2, 0) is 0 Å². The third kappa shape index (κ3) is 2.55. The van der Waals surface area contributed by atoms with Crippen LogP contribution in [0.4, 0.5) is 0 Å². The Morgan fingerprint density at radius 1 is 1.55 bits per heavy atom. The van der Waals surface area contributed by atoms with Crippen molar-refractivity contribution in [1.29, 1.82) is 10.5 Å². The van der Waals surface area contributed by atoms with Gasteiger partial charge in [-0.25, -0.2) is 0 Å². The molecule has 0 unspecified atom stereocenters. The molecule has 0 spiro atoms. The Morgan fingerprint density at radius 3 is 2.36 bits per heavy atom. The minimum Gasteiger partial charge on any atom is -0.384 e. The van der Waals surface area contributed by atoms with Gasteiger partial charge in [0.15, 0.2) is 5.57 Å². The van der Waals surface area contributed by atoms with Gasteiger partial charge in [0.2, 0.25) is 0 Å². The van der Waals surface area contributed by atoms with Gasteiger partial charge >= 0.3 is 0 Å². The number of likely N-dealkylation sites (N-methyl/N-ethyl adjacent to an activating group) is 1. The number of nitrogens with one attached hydrogen (secondary N) is 1. The van der Waals surface area contributed by atoms with Crippen molar-refractivity contribution in [1.82, 2.24) is 5.32 Å². The van der Waals surface area contributed by atoms with E-state index in [1.165, 1.54) is 6.08 Å². The lowest BCUT2D eigenvalue weighted by Gasteiger charge is -2.01. The molecule has 0 amide bonds. The molecule has 3 nitrogen and oxygen atoms in total. The van der Waals surface area contributed by atoms with Crippen LogP contribution >= 0.6 is 0 Å². The average molecular weight is 147 g/mol. The van der Waals surface area contributed by atoms with Crippen LogP contribution in [0.15, 0.2) is 23.9 Å². The Bertz CT molecular complexity index is 233. The quantitative estimate of drug-likeness (QED) is 0.480. The van der Waals surface area contributed by atoms with Crippen molar-refractivity contribution in [3.05, 3.63) is 23.9 Å². The van der Waals surface area contributed by atoms with E-state index < -0.39 is 0 Å². The van der Waals surface area contributed by atoms with Crippen LogP contribution in [0.2, 0.25) is 0 Å². The largest absolute Gasteiger partial charge is 0.384 e. The predicted molar refractivity (Wildman–Crippen MR) is 42.1 cm³/mol. The number of nitrogens with zero attached hydrogens (tertiary/aromatic N) is 2. The first kappa shape index (κ1) is 9.26. The zero-order valence-electron chi connectivity index (χ0n) is 6.39. The van der Waals surface area contributed by atoms with E-state index in [-0.39, 0.29) is 5.57 Å². The van der Waals surface area contributed by atoms with Crippen molar-refractivity contribution in [3.8, 4) is 12.1 Å². The van der Waals surface area contributed by atoms with E-state index in [9.17, 15) is 0 Å². The van der Waals surface area contributed by atoms with Crippen molar-refractivity contribution in [2.24, 2.45) is 0 Å². The summed E-state index contributed by atoms with van der Waals surface area (Å²) in [4.78, 5) is 0. The molecule has 56 valence electrons. The lowest BCUT2D eigenvalue weighted by atomic mass is 10.2. The highest BCUT2D eigenvalue weighted by molar-refractivity contribution is 5.43. The molecule has 0 fully saturated rings. The monoisotopic (exact) mass is 147 g/mol. The summed E-state index contributed by atoms with van der Waals surface area (Å²) in [6.45, 7) is 6.03. The fourth-order valence-electron chi connectivity index (χ4n) is 0.599. The standard InChI is InChI=1S/C8H9N3/c1-3-8(11-4-2)7(5-9)6-10/h3,11H,1,4H2,2H3. The molecule has 0 atom stereocenters. The topological polar surface area (TPSA) is 59.6 Å². The number of rotatable bonds is 3. The van der Waals surface area contributed by atoms with E-state index in [4.69, 9.17) is 10.5 Å². The molecule has 0 aliphatic heterocycles. The Kier molecular flexibility index (Phi) is 4.27. The van der Waals surface area contributed by atoms with Crippen molar-refractivity contribution in [2.45, 2.75) is 6.92 Å². The number of hydrogen-bond acceptors (Lipinski definition) is 3. The van der Waals surface area contributed by atoms with E-state index >= 15 is 0 Å². The Hall–Kier alpha value is -1.74. The van der Waals surface area contributed by atoms with Crippen LogP contribution in [0, 0.1) is 22.7 Å². The van der Waals surface area contributed by atoms with E-state index in [2.05, 4.69) is 11.9 Å². The molecule has 0 aromatic carbocycles. The number of allylic oxidation sites excluding steroid dienone is 2. The molecule has 3 heteroatoms. The Labute approximate surface area is 66.2 Å². The molecular formula is C8H9N3. The van der Waals surface area contributed by atoms with Crippen LogP contribution < -0.4 is 5.32 Å². The lowest BCUT2D eigenvalue weighted by Crippen LogP contribution is -2.11. The summed E-state index contributed by atoms with van der Waals surface area (Å²) in [5, 5.41) is 19.7. The molecule has 11 heavy (non-hydrogen) atoms. The van der Waals surface area contributed by atoms with Gasteiger partial charge in [-0.2, -0.15) is 10.5 Å². The molecule has 0 saturated carbocycles. The first-order chi connectivity index (χ1) is 5.29. The van der Waals surface area contributed by atoms with Crippen LogP contribution in [0.1, 0.15) is 6.92 Å². The first-order valence-corrected chi connectivity index (χ1v) is 3.20. The average Bonchev–Trinajstić information content (AvgIpc) is 2.05. The second-order valence-electron chi connectivity index (χ2n) is 1.75. The molecular weight excluding hydrogens is 138 g/mol. The predicted octanol–water partition coefficient (Wildman–Crippen LogP) is 1.08. The summed E-state index contributed by atoms with van der Waals surface area (Å²) in [5.74, 6) is 0. The van der Waals surface area contributed by atoms with Gasteiger partial charge in [0.1, 0.15) is 12.1 Å². The van der Waals surface area contributed by atoms with E-state index in [0.717, 1.165) is 0 Å². The maximum Gasteiger partial charge on any atom is 0.152 e. The van der Waals surface area contributed by atoms with Crippen molar-refractivity contribution in [2.75, 3.05) is 6.54 Å². The zero-order chi connectivity index (χ0) is 8.69. The maximum atomic E-state index is 8.44. The van der Waals surface area contributed by atoms with Gasteiger partial charge in [-0.3, -0.25) is 0 Å². The summed E-state index contributed by atoms with van der Waals surface area (Å²) in [5.41, 5.74) is 0.569. The van der Waals surface area contributed by atoms with E-state index in [1.807, 2.05) is 6.92 Å². The third-order valence-corrected chi connectivity index (χ3v) is 1.06. The number of nitriles is 2. The second kappa shape index (κ2) is 5.08. The minimum absolute atomic E-state index is 0.0712. The van der Waals surface area contributed by atoms with Gasteiger partial charge in [-0.15, -0.1) is 0 Å². The molecule has 0 bridgehead atoms. The first-order valence-electron chi connectivity index (χ1n) is 3.20.